The van der Waals surface area contributed by atoms with Crippen LogP contribution in [-0.4, -0.2) is 32.3 Å². The van der Waals surface area contributed by atoms with Crippen LogP contribution < -0.4 is 5.32 Å². The Bertz CT molecular complexity index is 419. The maximum Gasteiger partial charge on any atom is 0.330 e. The van der Waals surface area contributed by atoms with Gasteiger partial charge in [0.15, 0.2) is 0 Å². The highest BCUT2D eigenvalue weighted by Gasteiger charge is 2.40. The molecule has 0 aliphatic carbocycles. The fourth-order valence-corrected chi connectivity index (χ4v) is 2.31. The van der Waals surface area contributed by atoms with Gasteiger partial charge in [0.05, 0.1) is 13.2 Å². The van der Waals surface area contributed by atoms with Crippen LogP contribution in [0.3, 0.4) is 0 Å². The minimum atomic E-state index is -0.846. The number of rotatable bonds is 9. The third-order valence-electron chi connectivity index (χ3n) is 3.41. The van der Waals surface area contributed by atoms with Gasteiger partial charge in [0.2, 0.25) is 0 Å². The zero-order chi connectivity index (χ0) is 15.7. The van der Waals surface area contributed by atoms with E-state index in [0.717, 1.165) is 18.5 Å². The van der Waals surface area contributed by atoms with Crippen molar-refractivity contribution >= 4 is 5.97 Å². The third-order valence-corrected chi connectivity index (χ3v) is 3.41. The molecule has 1 N–H and O–H groups in total. The molecular weight excluding hydrogens is 266 g/mol. The lowest BCUT2D eigenvalue weighted by atomic mass is 9.86. The molecule has 0 bridgehead atoms. The molecule has 0 saturated heterocycles. The molecule has 1 atom stereocenters. The molecule has 0 saturated carbocycles. The predicted octanol–water partition coefficient (Wildman–Crippen LogP) is 2.87. The maximum atomic E-state index is 12.5. The first-order chi connectivity index (χ1) is 10.1. The van der Waals surface area contributed by atoms with E-state index < -0.39 is 5.54 Å². The van der Waals surface area contributed by atoms with Crippen LogP contribution in [-0.2, 0) is 19.8 Å². The van der Waals surface area contributed by atoms with Crippen LogP contribution in [0.5, 0.6) is 0 Å². The van der Waals surface area contributed by atoms with Gasteiger partial charge in [0, 0.05) is 13.0 Å². The number of benzene rings is 1. The molecule has 0 amide bonds. The molecule has 0 radical (unpaired) electrons. The first-order valence-electron chi connectivity index (χ1n) is 7.57. The number of hydrogen-bond acceptors (Lipinski definition) is 4. The van der Waals surface area contributed by atoms with Gasteiger partial charge < -0.3 is 9.47 Å². The van der Waals surface area contributed by atoms with Gasteiger partial charge in [-0.3, -0.25) is 5.32 Å². The van der Waals surface area contributed by atoms with Crippen LogP contribution in [0.4, 0.5) is 0 Å². The molecule has 0 aliphatic rings. The SMILES string of the molecule is CCCNC(CCOC(C)C)(C(=O)OC)c1ccccc1. The van der Waals surface area contributed by atoms with Gasteiger partial charge in [-0.2, -0.15) is 0 Å². The summed E-state index contributed by atoms with van der Waals surface area (Å²) in [6.45, 7) is 7.29. The Balaban J connectivity index is 3.05. The van der Waals surface area contributed by atoms with Gasteiger partial charge in [-0.25, -0.2) is 4.79 Å². The van der Waals surface area contributed by atoms with E-state index in [1.54, 1.807) is 0 Å². The number of carbonyl (C=O) groups excluding carboxylic acids is 1. The van der Waals surface area contributed by atoms with Crippen LogP contribution in [0, 0.1) is 0 Å². The summed E-state index contributed by atoms with van der Waals surface area (Å²) >= 11 is 0. The molecule has 0 aliphatic heterocycles. The van der Waals surface area contributed by atoms with Crippen molar-refractivity contribution in [3.8, 4) is 0 Å². The average molecular weight is 293 g/mol. The second kappa shape index (κ2) is 8.80. The Morgan fingerprint density at radius 1 is 1.29 bits per heavy atom. The van der Waals surface area contributed by atoms with E-state index in [4.69, 9.17) is 9.47 Å². The van der Waals surface area contributed by atoms with Gasteiger partial charge in [-0.05, 0) is 32.4 Å². The van der Waals surface area contributed by atoms with Gasteiger partial charge in [-0.15, -0.1) is 0 Å². The summed E-state index contributed by atoms with van der Waals surface area (Å²) in [5.41, 5.74) is 0.0682. The van der Waals surface area contributed by atoms with Crippen molar-refractivity contribution in [3.05, 3.63) is 35.9 Å². The lowest BCUT2D eigenvalue weighted by molar-refractivity contribution is -0.150. The highest BCUT2D eigenvalue weighted by atomic mass is 16.5. The third kappa shape index (κ3) is 4.83. The van der Waals surface area contributed by atoms with Crippen LogP contribution in [0.15, 0.2) is 30.3 Å². The number of carbonyl (C=O) groups is 1. The molecule has 118 valence electrons. The summed E-state index contributed by atoms with van der Waals surface area (Å²) in [6.07, 6.45) is 1.63. The van der Waals surface area contributed by atoms with Crippen LogP contribution in [0.1, 0.15) is 39.2 Å². The van der Waals surface area contributed by atoms with Crippen molar-refractivity contribution in [2.45, 2.75) is 45.3 Å². The monoisotopic (exact) mass is 293 g/mol. The second-order valence-electron chi connectivity index (χ2n) is 5.36. The highest BCUT2D eigenvalue weighted by Crippen LogP contribution is 2.27. The molecule has 0 aromatic heterocycles. The standard InChI is InChI=1S/C17H27NO3/c1-5-12-18-17(16(19)20-4,11-13-21-14(2)3)15-9-7-6-8-10-15/h6-10,14,18H,5,11-13H2,1-4H3. The van der Waals surface area contributed by atoms with Gasteiger partial charge >= 0.3 is 5.97 Å². The van der Waals surface area contributed by atoms with E-state index in [1.165, 1.54) is 7.11 Å². The van der Waals surface area contributed by atoms with Crippen molar-refractivity contribution in [2.75, 3.05) is 20.3 Å². The molecule has 1 unspecified atom stereocenters. The highest BCUT2D eigenvalue weighted by molar-refractivity contribution is 5.82. The Hall–Kier alpha value is -1.39. The van der Waals surface area contributed by atoms with E-state index in [9.17, 15) is 4.79 Å². The Labute approximate surface area is 127 Å². The van der Waals surface area contributed by atoms with E-state index in [1.807, 2.05) is 44.2 Å². The van der Waals surface area contributed by atoms with Gasteiger partial charge in [-0.1, -0.05) is 37.3 Å². The zero-order valence-electron chi connectivity index (χ0n) is 13.5. The first kappa shape index (κ1) is 17.7. The summed E-state index contributed by atoms with van der Waals surface area (Å²) in [7, 11) is 1.43. The predicted molar refractivity (Wildman–Crippen MR) is 84.1 cm³/mol. The molecule has 0 fully saturated rings. The lowest BCUT2D eigenvalue weighted by Crippen LogP contribution is -2.51. The summed E-state index contributed by atoms with van der Waals surface area (Å²) in [5, 5.41) is 3.37. The van der Waals surface area contributed by atoms with Gasteiger partial charge in [0.25, 0.3) is 0 Å². The van der Waals surface area contributed by atoms with Crippen LogP contribution >= 0.6 is 0 Å². The maximum absolute atomic E-state index is 12.5. The molecule has 21 heavy (non-hydrogen) atoms. The van der Waals surface area contributed by atoms with Crippen LogP contribution in [0.25, 0.3) is 0 Å². The molecule has 1 aromatic carbocycles. The van der Waals surface area contributed by atoms with Crippen molar-refractivity contribution in [1.29, 1.82) is 0 Å². The normalized spacial score (nSPS) is 14.0. The van der Waals surface area contributed by atoms with E-state index >= 15 is 0 Å². The Kier molecular flexibility index (Phi) is 7.40. The molecule has 1 aromatic rings. The number of methoxy groups -OCH3 is 1. The Morgan fingerprint density at radius 3 is 2.48 bits per heavy atom. The molecule has 4 heteroatoms. The molecule has 0 heterocycles. The topological polar surface area (TPSA) is 47.6 Å². The van der Waals surface area contributed by atoms with Crippen molar-refractivity contribution in [2.24, 2.45) is 0 Å². The smallest absolute Gasteiger partial charge is 0.330 e. The van der Waals surface area contributed by atoms with E-state index in [2.05, 4.69) is 12.2 Å². The molecule has 1 rings (SSSR count). The number of ether oxygens (including phenoxy) is 2. The summed E-state index contributed by atoms with van der Waals surface area (Å²) in [4.78, 5) is 12.5. The second-order valence-corrected chi connectivity index (χ2v) is 5.36. The average Bonchev–Trinajstić information content (AvgIpc) is 2.50. The number of nitrogens with one attached hydrogen (secondary N) is 1. The first-order valence-corrected chi connectivity index (χ1v) is 7.57. The summed E-state index contributed by atoms with van der Waals surface area (Å²) in [5.74, 6) is -0.269. The van der Waals surface area contributed by atoms with Crippen molar-refractivity contribution in [1.82, 2.24) is 5.32 Å². The number of hydrogen-bond donors (Lipinski definition) is 1. The van der Waals surface area contributed by atoms with E-state index in [-0.39, 0.29) is 12.1 Å². The Morgan fingerprint density at radius 2 is 1.95 bits per heavy atom. The minimum Gasteiger partial charge on any atom is -0.467 e. The quantitative estimate of drug-likeness (QED) is 0.711. The summed E-state index contributed by atoms with van der Waals surface area (Å²) < 4.78 is 10.7. The molecule has 4 nitrogen and oxygen atoms in total. The lowest BCUT2D eigenvalue weighted by Gasteiger charge is -2.33. The fraction of sp³-hybridized carbons (Fsp3) is 0.588. The molecular formula is C17H27NO3. The molecule has 0 spiro atoms. The van der Waals surface area contributed by atoms with Gasteiger partial charge in [0.1, 0.15) is 5.54 Å². The minimum absolute atomic E-state index is 0.141. The fourth-order valence-electron chi connectivity index (χ4n) is 2.31. The summed E-state index contributed by atoms with van der Waals surface area (Å²) in [6, 6.07) is 9.72. The van der Waals surface area contributed by atoms with Crippen LogP contribution in [0.2, 0.25) is 0 Å². The van der Waals surface area contributed by atoms with Crippen molar-refractivity contribution < 1.29 is 14.3 Å². The largest absolute Gasteiger partial charge is 0.467 e. The van der Waals surface area contributed by atoms with Crippen molar-refractivity contribution in [3.63, 3.8) is 0 Å². The zero-order valence-corrected chi connectivity index (χ0v) is 13.5. The number of esters is 1. The van der Waals surface area contributed by atoms with E-state index in [0.29, 0.717) is 13.0 Å².